The van der Waals surface area contributed by atoms with Gasteiger partial charge in [0.15, 0.2) is 5.78 Å². The molecule has 0 aliphatic carbocycles. The summed E-state index contributed by atoms with van der Waals surface area (Å²) in [6.45, 7) is 2.44. The normalized spacial score (nSPS) is 11.0. The summed E-state index contributed by atoms with van der Waals surface area (Å²) in [6, 6.07) is 13.9. The highest BCUT2D eigenvalue weighted by atomic mass is 16.1. The summed E-state index contributed by atoms with van der Waals surface area (Å²) < 4.78 is 1.65. The summed E-state index contributed by atoms with van der Waals surface area (Å²) in [5.41, 5.74) is 1.69. The fraction of sp³-hybridized carbons (Fsp3) is 0.350. The number of rotatable bonds is 8. The fourth-order valence-corrected chi connectivity index (χ4v) is 2.86. The van der Waals surface area contributed by atoms with Gasteiger partial charge in [-0.25, -0.2) is 4.68 Å². The van der Waals surface area contributed by atoms with E-state index in [9.17, 15) is 4.79 Å². The fourth-order valence-electron chi connectivity index (χ4n) is 2.86. The lowest BCUT2D eigenvalue weighted by Gasteiger charge is -2.03. The van der Waals surface area contributed by atoms with E-state index in [1.54, 1.807) is 4.68 Å². The number of Topliss-reactive ketones (excluding diaryl/α,β-unsaturated/α-hetero) is 1. The average Bonchev–Trinajstić information content (AvgIpc) is 3.05. The minimum atomic E-state index is 0.0585. The lowest BCUT2D eigenvalue weighted by Crippen LogP contribution is -2.11. The number of unbranched alkanes of at least 4 members (excludes halogenated alkanes) is 3. The van der Waals surface area contributed by atoms with Crippen LogP contribution in [0.25, 0.3) is 10.8 Å². The average molecular weight is 321 g/mol. The number of hydrogen-bond acceptors (Lipinski definition) is 3. The summed E-state index contributed by atoms with van der Waals surface area (Å²) in [5.74, 6) is 0.0585. The molecule has 0 aliphatic rings. The molecule has 2 aromatic carbocycles. The maximum atomic E-state index is 12.5. The van der Waals surface area contributed by atoms with Crippen molar-refractivity contribution in [2.24, 2.45) is 0 Å². The van der Waals surface area contributed by atoms with Crippen LogP contribution in [0.4, 0.5) is 0 Å². The SMILES string of the molecule is CCCCCCc1cn(CC(=O)c2ccc3ccccc3c2)nn1. The van der Waals surface area contributed by atoms with Gasteiger partial charge in [-0.2, -0.15) is 0 Å². The van der Waals surface area contributed by atoms with Crippen molar-refractivity contribution in [1.29, 1.82) is 0 Å². The molecule has 0 aliphatic heterocycles. The minimum absolute atomic E-state index is 0.0585. The second-order valence-corrected chi connectivity index (χ2v) is 6.20. The van der Waals surface area contributed by atoms with Crippen LogP contribution >= 0.6 is 0 Å². The van der Waals surface area contributed by atoms with Crippen LogP contribution in [-0.4, -0.2) is 20.8 Å². The van der Waals surface area contributed by atoms with E-state index in [-0.39, 0.29) is 12.3 Å². The van der Waals surface area contributed by atoms with Crippen LogP contribution in [0.1, 0.15) is 48.7 Å². The van der Waals surface area contributed by atoms with Crippen molar-refractivity contribution in [2.75, 3.05) is 0 Å². The van der Waals surface area contributed by atoms with Gasteiger partial charge in [-0.1, -0.05) is 67.8 Å². The van der Waals surface area contributed by atoms with Crippen LogP contribution in [0.5, 0.6) is 0 Å². The van der Waals surface area contributed by atoms with Gasteiger partial charge in [0.05, 0.1) is 5.69 Å². The molecule has 0 amide bonds. The lowest BCUT2D eigenvalue weighted by molar-refractivity contribution is 0.0967. The number of carbonyl (C=O) groups excluding carboxylic acids is 1. The van der Waals surface area contributed by atoms with Crippen molar-refractivity contribution in [3.8, 4) is 0 Å². The number of ketones is 1. The molecule has 4 heteroatoms. The summed E-state index contributed by atoms with van der Waals surface area (Å²) in [4.78, 5) is 12.5. The van der Waals surface area contributed by atoms with Crippen molar-refractivity contribution in [2.45, 2.75) is 45.6 Å². The molecule has 1 aromatic heterocycles. The van der Waals surface area contributed by atoms with E-state index >= 15 is 0 Å². The predicted molar refractivity (Wildman–Crippen MR) is 96.1 cm³/mol. The summed E-state index contributed by atoms with van der Waals surface area (Å²) >= 11 is 0. The van der Waals surface area contributed by atoms with Crippen molar-refractivity contribution < 1.29 is 4.79 Å². The Morgan fingerprint density at radius 1 is 1.04 bits per heavy atom. The highest BCUT2D eigenvalue weighted by Crippen LogP contribution is 2.16. The first-order valence-corrected chi connectivity index (χ1v) is 8.67. The van der Waals surface area contributed by atoms with Gasteiger partial charge in [0.1, 0.15) is 6.54 Å². The van der Waals surface area contributed by atoms with Crippen LogP contribution < -0.4 is 0 Å². The maximum Gasteiger partial charge on any atom is 0.184 e. The number of benzene rings is 2. The Hall–Kier alpha value is -2.49. The summed E-state index contributed by atoms with van der Waals surface area (Å²) in [6.07, 6.45) is 7.67. The second-order valence-electron chi connectivity index (χ2n) is 6.20. The molecular formula is C20H23N3O. The van der Waals surface area contributed by atoms with Crippen LogP contribution in [0.15, 0.2) is 48.7 Å². The van der Waals surface area contributed by atoms with Gasteiger partial charge in [-0.3, -0.25) is 4.79 Å². The molecule has 3 rings (SSSR count). The maximum absolute atomic E-state index is 12.5. The van der Waals surface area contributed by atoms with Crippen molar-refractivity contribution in [3.63, 3.8) is 0 Å². The number of hydrogen-bond donors (Lipinski definition) is 0. The number of aryl methyl sites for hydroxylation is 1. The van der Waals surface area contributed by atoms with E-state index in [1.165, 1.54) is 19.3 Å². The van der Waals surface area contributed by atoms with Crippen LogP contribution in [0.3, 0.4) is 0 Å². The molecule has 0 atom stereocenters. The molecule has 0 unspecified atom stereocenters. The van der Waals surface area contributed by atoms with Crippen LogP contribution in [-0.2, 0) is 13.0 Å². The van der Waals surface area contributed by atoms with E-state index in [2.05, 4.69) is 17.2 Å². The zero-order valence-corrected chi connectivity index (χ0v) is 14.1. The van der Waals surface area contributed by atoms with E-state index in [4.69, 9.17) is 0 Å². The first kappa shape index (κ1) is 16.4. The monoisotopic (exact) mass is 321 g/mol. The summed E-state index contributed by atoms with van der Waals surface area (Å²) in [7, 11) is 0. The Bertz CT molecular complexity index is 822. The summed E-state index contributed by atoms with van der Waals surface area (Å²) in [5, 5.41) is 10.5. The van der Waals surface area contributed by atoms with Crippen molar-refractivity contribution >= 4 is 16.6 Å². The Labute approximate surface area is 142 Å². The molecule has 0 radical (unpaired) electrons. The molecule has 3 aromatic rings. The molecule has 4 nitrogen and oxygen atoms in total. The van der Waals surface area contributed by atoms with Gasteiger partial charge in [0.25, 0.3) is 0 Å². The zero-order valence-electron chi connectivity index (χ0n) is 14.1. The molecule has 0 saturated carbocycles. The largest absolute Gasteiger partial charge is 0.292 e. The van der Waals surface area contributed by atoms with Crippen molar-refractivity contribution in [1.82, 2.24) is 15.0 Å². The smallest absolute Gasteiger partial charge is 0.184 e. The second kappa shape index (κ2) is 7.86. The van der Waals surface area contributed by atoms with Gasteiger partial charge in [0.2, 0.25) is 0 Å². The Morgan fingerprint density at radius 3 is 2.71 bits per heavy atom. The van der Waals surface area contributed by atoms with Crippen molar-refractivity contribution in [3.05, 3.63) is 59.9 Å². The molecule has 0 saturated heterocycles. The quantitative estimate of drug-likeness (QED) is 0.455. The standard InChI is InChI=1S/C20H23N3O/c1-2-3-4-5-10-19-14-23(22-21-19)15-20(24)18-12-11-16-8-6-7-9-17(16)13-18/h6-9,11-14H,2-5,10,15H2,1H3. The molecule has 0 N–H and O–H groups in total. The van der Waals surface area contributed by atoms with Gasteiger partial charge < -0.3 is 0 Å². The van der Waals surface area contributed by atoms with Gasteiger partial charge in [-0.05, 0) is 29.7 Å². The first-order valence-electron chi connectivity index (χ1n) is 8.67. The molecule has 124 valence electrons. The minimum Gasteiger partial charge on any atom is -0.292 e. The third-order valence-electron chi connectivity index (χ3n) is 4.25. The number of aromatic nitrogens is 3. The third-order valence-corrected chi connectivity index (χ3v) is 4.25. The zero-order chi connectivity index (χ0) is 16.8. The number of carbonyl (C=O) groups is 1. The Balaban J connectivity index is 1.62. The van der Waals surface area contributed by atoms with Gasteiger partial charge in [0, 0.05) is 11.8 Å². The Kier molecular flexibility index (Phi) is 5.36. The number of nitrogens with zero attached hydrogens (tertiary/aromatic N) is 3. The molecule has 0 fully saturated rings. The predicted octanol–water partition coefficient (Wildman–Crippen LogP) is 4.44. The first-order chi connectivity index (χ1) is 11.8. The topological polar surface area (TPSA) is 47.8 Å². The third kappa shape index (κ3) is 4.07. The molecular weight excluding hydrogens is 298 g/mol. The highest BCUT2D eigenvalue weighted by molar-refractivity contribution is 5.99. The Morgan fingerprint density at radius 2 is 1.88 bits per heavy atom. The van der Waals surface area contributed by atoms with E-state index in [0.717, 1.165) is 29.3 Å². The lowest BCUT2D eigenvalue weighted by atomic mass is 10.0. The molecule has 0 bridgehead atoms. The van der Waals surface area contributed by atoms with Gasteiger partial charge in [-0.15, -0.1) is 5.10 Å². The van der Waals surface area contributed by atoms with Gasteiger partial charge >= 0.3 is 0 Å². The highest BCUT2D eigenvalue weighted by Gasteiger charge is 2.09. The molecule has 0 spiro atoms. The van der Waals surface area contributed by atoms with E-state index < -0.39 is 0 Å². The number of fused-ring (bicyclic) bond motifs is 1. The van der Waals surface area contributed by atoms with E-state index in [1.807, 2.05) is 48.7 Å². The molecule has 24 heavy (non-hydrogen) atoms. The van der Waals surface area contributed by atoms with Crippen LogP contribution in [0.2, 0.25) is 0 Å². The van der Waals surface area contributed by atoms with Crippen LogP contribution in [0, 0.1) is 0 Å². The van der Waals surface area contributed by atoms with E-state index in [0.29, 0.717) is 5.56 Å². The molecule has 1 heterocycles.